The second-order valence-electron chi connectivity index (χ2n) is 11.7. The Labute approximate surface area is 250 Å². The highest BCUT2D eigenvalue weighted by atomic mass is 16.5. The Morgan fingerprint density at radius 2 is 1.60 bits per heavy atom. The highest BCUT2D eigenvalue weighted by Crippen LogP contribution is 2.41. The van der Waals surface area contributed by atoms with Gasteiger partial charge in [-0.2, -0.15) is 0 Å². The summed E-state index contributed by atoms with van der Waals surface area (Å²) in [6.45, 7) is 7.39. The molecule has 42 heavy (non-hydrogen) atoms. The summed E-state index contributed by atoms with van der Waals surface area (Å²) in [6.07, 6.45) is 3.57. The molecule has 0 aromatic heterocycles. The summed E-state index contributed by atoms with van der Waals surface area (Å²) in [6, 6.07) is 18.8. The third kappa shape index (κ3) is 6.36. The fourth-order valence-electron chi connectivity index (χ4n) is 6.50. The lowest BCUT2D eigenvalue weighted by molar-refractivity contribution is -0.123. The van der Waals surface area contributed by atoms with E-state index in [0.717, 1.165) is 48.4 Å². The van der Waals surface area contributed by atoms with Gasteiger partial charge >= 0.3 is 0 Å². The molecule has 1 heterocycles. The average Bonchev–Trinajstić information content (AvgIpc) is 2.99. The molecular formula is C35H44N2O5. The van der Waals surface area contributed by atoms with Gasteiger partial charge in [0.15, 0.2) is 23.0 Å². The second-order valence-corrected chi connectivity index (χ2v) is 11.7. The molecule has 3 unspecified atom stereocenters. The van der Waals surface area contributed by atoms with E-state index in [1.54, 1.807) is 21.3 Å². The first-order valence-corrected chi connectivity index (χ1v) is 15.0. The quantitative estimate of drug-likeness (QED) is 0.303. The molecule has 0 saturated heterocycles. The monoisotopic (exact) mass is 572 g/mol. The Hall–Kier alpha value is -3.71. The van der Waals surface area contributed by atoms with Gasteiger partial charge in [0.2, 0.25) is 5.91 Å². The van der Waals surface area contributed by atoms with Gasteiger partial charge in [0, 0.05) is 12.6 Å². The van der Waals surface area contributed by atoms with E-state index in [1.807, 2.05) is 26.0 Å². The van der Waals surface area contributed by atoms with Crippen LogP contribution in [0.2, 0.25) is 0 Å². The first kappa shape index (κ1) is 29.8. The molecular weight excluding hydrogens is 528 g/mol. The van der Waals surface area contributed by atoms with Crippen LogP contribution in [0.1, 0.15) is 79.4 Å². The van der Waals surface area contributed by atoms with Crippen molar-refractivity contribution in [1.82, 2.24) is 10.2 Å². The van der Waals surface area contributed by atoms with Crippen LogP contribution >= 0.6 is 0 Å². The van der Waals surface area contributed by atoms with Crippen LogP contribution in [0, 0.1) is 0 Å². The SMILES string of the molecule is COc1ccc(CC2c3cc(OC(C)C)c(OC)cc3CCN2CC(=O)NC2CCC(C)c3ccccc32)cc1OC. The zero-order chi connectivity index (χ0) is 29.8. The van der Waals surface area contributed by atoms with Gasteiger partial charge in [-0.25, -0.2) is 0 Å². The molecule has 0 bridgehead atoms. The Morgan fingerprint density at radius 3 is 2.31 bits per heavy atom. The summed E-state index contributed by atoms with van der Waals surface area (Å²) in [5.41, 5.74) is 6.09. The van der Waals surface area contributed by atoms with Crippen molar-refractivity contribution < 1.29 is 23.7 Å². The first-order chi connectivity index (χ1) is 20.3. The van der Waals surface area contributed by atoms with Crippen molar-refractivity contribution in [3.05, 3.63) is 82.4 Å². The number of carbonyl (C=O) groups is 1. The van der Waals surface area contributed by atoms with Gasteiger partial charge in [-0.15, -0.1) is 0 Å². The topological polar surface area (TPSA) is 69.3 Å². The summed E-state index contributed by atoms with van der Waals surface area (Å²) in [5.74, 6) is 3.42. The van der Waals surface area contributed by atoms with E-state index >= 15 is 0 Å². The van der Waals surface area contributed by atoms with Crippen molar-refractivity contribution in [2.24, 2.45) is 0 Å². The van der Waals surface area contributed by atoms with E-state index in [0.29, 0.717) is 30.4 Å². The lowest BCUT2D eigenvalue weighted by atomic mass is 9.81. The number of nitrogens with one attached hydrogen (secondary N) is 1. The molecule has 3 aromatic carbocycles. The van der Waals surface area contributed by atoms with Gasteiger partial charge in [-0.05, 0) is 97.5 Å². The lowest BCUT2D eigenvalue weighted by Crippen LogP contribution is -2.44. The highest BCUT2D eigenvalue weighted by Gasteiger charge is 2.32. The largest absolute Gasteiger partial charge is 0.493 e. The summed E-state index contributed by atoms with van der Waals surface area (Å²) < 4.78 is 22.9. The summed E-state index contributed by atoms with van der Waals surface area (Å²) in [5, 5.41) is 3.38. The number of hydrogen-bond acceptors (Lipinski definition) is 6. The van der Waals surface area contributed by atoms with Gasteiger partial charge in [-0.3, -0.25) is 9.69 Å². The fraction of sp³-hybridized carbons (Fsp3) is 0.457. The number of amides is 1. The molecule has 1 aliphatic heterocycles. The van der Waals surface area contributed by atoms with Gasteiger partial charge in [0.1, 0.15) is 0 Å². The molecule has 7 heteroatoms. The number of carbonyl (C=O) groups excluding carboxylic acids is 1. The Bertz CT molecular complexity index is 1400. The average molecular weight is 573 g/mol. The van der Waals surface area contributed by atoms with Crippen molar-refractivity contribution in [3.63, 3.8) is 0 Å². The number of ether oxygens (including phenoxy) is 4. The molecule has 5 rings (SSSR count). The van der Waals surface area contributed by atoms with Crippen molar-refractivity contribution in [3.8, 4) is 23.0 Å². The van der Waals surface area contributed by atoms with E-state index in [1.165, 1.54) is 16.7 Å². The minimum atomic E-state index is -0.0308. The van der Waals surface area contributed by atoms with Crippen LogP contribution in [0.5, 0.6) is 23.0 Å². The summed E-state index contributed by atoms with van der Waals surface area (Å²) in [7, 11) is 4.98. The predicted molar refractivity (Wildman–Crippen MR) is 165 cm³/mol. The van der Waals surface area contributed by atoms with Crippen molar-refractivity contribution >= 4 is 5.91 Å². The number of hydrogen-bond donors (Lipinski definition) is 1. The Balaban J connectivity index is 1.44. The fourth-order valence-corrected chi connectivity index (χ4v) is 6.50. The summed E-state index contributed by atoms with van der Waals surface area (Å²) >= 11 is 0. The molecule has 3 atom stereocenters. The zero-order valence-corrected chi connectivity index (χ0v) is 25.7. The van der Waals surface area contributed by atoms with Gasteiger partial charge < -0.3 is 24.3 Å². The van der Waals surface area contributed by atoms with E-state index in [9.17, 15) is 4.79 Å². The number of rotatable bonds is 10. The standard InChI is InChI=1S/C35H44N2O5/c1-22(2)42-34-20-28-25(19-33(34)41-6)15-16-37(30(28)17-24-12-14-31(39-4)32(18-24)40-5)21-35(38)36-29-13-11-23(3)26-9-7-8-10-27(26)29/h7-10,12,14,18-20,22-23,29-30H,11,13,15-17,21H2,1-6H3,(H,36,38). The maximum absolute atomic E-state index is 13.6. The summed E-state index contributed by atoms with van der Waals surface area (Å²) in [4.78, 5) is 15.9. The first-order valence-electron chi connectivity index (χ1n) is 15.0. The number of methoxy groups -OCH3 is 3. The normalized spacial score (nSPS) is 19.9. The van der Waals surface area contributed by atoms with Gasteiger partial charge in [0.05, 0.1) is 40.0 Å². The van der Waals surface area contributed by atoms with Crippen LogP contribution in [0.25, 0.3) is 0 Å². The van der Waals surface area contributed by atoms with Crippen LogP contribution in [-0.2, 0) is 17.6 Å². The molecule has 2 aliphatic rings. The van der Waals surface area contributed by atoms with Gasteiger partial charge in [-0.1, -0.05) is 37.3 Å². The maximum Gasteiger partial charge on any atom is 0.234 e. The van der Waals surface area contributed by atoms with Gasteiger partial charge in [0.25, 0.3) is 0 Å². The molecule has 0 spiro atoms. The van der Waals surface area contributed by atoms with Crippen LogP contribution in [0.4, 0.5) is 0 Å². The molecule has 1 aliphatic carbocycles. The minimum Gasteiger partial charge on any atom is -0.493 e. The molecule has 0 fully saturated rings. The second kappa shape index (κ2) is 13.1. The Kier molecular flexibility index (Phi) is 9.27. The number of fused-ring (bicyclic) bond motifs is 2. The van der Waals surface area contributed by atoms with E-state index in [-0.39, 0.29) is 24.1 Å². The molecule has 1 N–H and O–H groups in total. The smallest absolute Gasteiger partial charge is 0.234 e. The minimum absolute atomic E-state index is 0.00723. The van der Waals surface area contributed by atoms with E-state index in [4.69, 9.17) is 18.9 Å². The highest BCUT2D eigenvalue weighted by molar-refractivity contribution is 5.79. The van der Waals surface area contributed by atoms with Crippen molar-refractivity contribution in [2.75, 3.05) is 34.4 Å². The van der Waals surface area contributed by atoms with Crippen LogP contribution in [0.15, 0.2) is 54.6 Å². The predicted octanol–water partition coefficient (Wildman–Crippen LogP) is 6.40. The van der Waals surface area contributed by atoms with Crippen LogP contribution < -0.4 is 24.3 Å². The maximum atomic E-state index is 13.6. The third-order valence-electron chi connectivity index (χ3n) is 8.61. The molecule has 0 saturated carbocycles. The molecule has 224 valence electrons. The third-order valence-corrected chi connectivity index (χ3v) is 8.61. The van der Waals surface area contributed by atoms with E-state index < -0.39 is 0 Å². The number of nitrogens with zero attached hydrogens (tertiary/aromatic N) is 1. The molecule has 1 amide bonds. The lowest BCUT2D eigenvalue weighted by Gasteiger charge is -2.38. The Morgan fingerprint density at radius 1 is 0.881 bits per heavy atom. The number of benzene rings is 3. The van der Waals surface area contributed by atoms with Crippen LogP contribution in [0.3, 0.4) is 0 Å². The zero-order valence-electron chi connectivity index (χ0n) is 25.7. The molecule has 0 radical (unpaired) electrons. The molecule has 3 aromatic rings. The van der Waals surface area contributed by atoms with E-state index in [2.05, 4.69) is 59.6 Å². The van der Waals surface area contributed by atoms with Crippen molar-refractivity contribution in [1.29, 1.82) is 0 Å². The van der Waals surface area contributed by atoms with Crippen molar-refractivity contribution in [2.45, 2.75) is 70.6 Å². The molecule has 7 nitrogen and oxygen atoms in total. The van der Waals surface area contributed by atoms with Crippen LogP contribution in [-0.4, -0.2) is 51.3 Å².